The van der Waals surface area contributed by atoms with Crippen LogP contribution in [0, 0.1) is 0 Å². The van der Waals surface area contributed by atoms with Crippen molar-refractivity contribution in [2.24, 2.45) is 0 Å². The van der Waals surface area contributed by atoms with Crippen LogP contribution in [0.3, 0.4) is 0 Å². The monoisotopic (exact) mass is 340 g/mol. The van der Waals surface area contributed by atoms with Gasteiger partial charge in [-0.15, -0.1) is 0 Å². The van der Waals surface area contributed by atoms with Crippen LogP contribution in [-0.4, -0.2) is 42.3 Å². The summed E-state index contributed by atoms with van der Waals surface area (Å²) in [5.41, 5.74) is 1.33. The Morgan fingerprint density at radius 1 is 1.40 bits per heavy atom. The minimum absolute atomic E-state index is 0.263. The van der Waals surface area contributed by atoms with Gasteiger partial charge in [0.1, 0.15) is 0 Å². The molecule has 1 aromatic carbocycles. The number of rotatable bonds is 9. The van der Waals surface area contributed by atoms with Crippen LogP contribution < -0.4 is 5.32 Å². The number of hydrogen-bond donors (Lipinski definition) is 2. The molecule has 3 nitrogen and oxygen atoms in total. The molecule has 2 rings (SSSR count). The molecule has 0 bridgehead atoms. The van der Waals surface area contributed by atoms with E-state index in [-0.39, 0.29) is 6.61 Å². The number of nitrogens with zero attached hydrogens (tertiary/aromatic N) is 1. The fraction of sp³-hybridized carbons (Fsp3) is 0.625. The highest BCUT2D eigenvalue weighted by Crippen LogP contribution is 2.28. The van der Waals surface area contributed by atoms with Gasteiger partial charge >= 0.3 is 0 Å². The molecule has 1 aromatic rings. The molecule has 20 heavy (non-hydrogen) atoms. The third-order valence-corrected chi connectivity index (χ3v) is 4.35. The molecule has 0 spiro atoms. The van der Waals surface area contributed by atoms with Crippen molar-refractivity contribution in [1.29, 1.82) is 0 Å². The standard InChI is InChI=1S/C16H25BrN2O/c1-2-18-16(13-4-3-5-14(17)12-13)8-9-19(10-11-20)15-6-7-15/h3-5,12,15-16,18,20H,2,6-11H2,1H3. The molecular weight excluding hydrogens is 316 g/mol. The lowest BCUT2D eigenvalue weighted by Crippen LogP contribution is -2.33. The van der Waals surface area contributed by atoms with Gasteiger partial charge in [-0.05, 0) is 43.5 Å². The van der Waals surface area contributed by atoms with E-state index in [0.717, 1.165) is 30.5 Å². The topological polar surface area (TPSA) is 35.5 Å². The molecule has 1 atom stereocenters. The zero-order chi connectivity index (χ0) is 14.4. The summed E-state index contributed by atoms with van der Waals surface area (Å²) in [6.07, 6.45) is 3.67. The highest BCUT2D eigenvalue weighted by atomic mass is 79.9. The average Bonchev–Trinajstić information content (AvgIpc) is 3.26. The van der Waals surface area contributed by atoms with Gasteiger partial charge in [0.05, 0.1) is 6.61 Å². The molecule has 1 unspecified atom stereocenters. The molecule has 0 heterocycles. The Morgan fingerprint density at radius 3 is 2.80 bits per heavy atom. The van der Waals surface area contributed by atoms with Crippen LogP contribution in [0.1, 0.15) is 37.8 Å². The zero-order valence-electron chi connectivity index (χ0n) is 12.2. The largest absolute Gasteiger partial charge is 0.395 e. The number of aliphatic hydroxyl groups excluding tert-OH is 1. The van der Waals surface area contributed by atoms with E-state index in [0.29, 0.717) is 12.1 Å². The van der Waals surface area contributed by atoms with Crippen molar-refractivity contribution in [3.8, 4) is 0 Å². The van der Waals surface area contributed by atoms with Gasteiger partial charge in [-0.3, -0.25) is 4.90 Å². The Balaban J connectivity index is 1.94. The Morgan fingerprint density at radius 2 is 2.20 bits per heavy atom. The first kappa shape index (κ1) is 16.0. The quantitative estimate of drug-likeness (QED) is 0.725. The maximum Gasteiger partial charge on any atom is 0.0558 e. The minimum atomic E-state index is 0.263. The molecule has 1 saturated carbocycles. The van der Waals surface area contributed by atoms with E-state index >= 15 is 0 Å². The molecule has 0 saturated heterocycles. The molecule has 2 N–H and O–H groups in total. The fourth-order valence-corrected chi connectivity index (χ4v) is 3.11. The molecular formula is C16H25BrN2O. The van der Waals surface area contributed by atoms with Gasteiger partial charge in [-0.1, -0.05) is 35.0 Å². The summed E-state index contributed by atoms with van der Waals surface area (Å²) in [4.78, 5) is 2.43. The van der Waals surface area contributed by atoms with Gasteiger partial charge in [-0.2, -0.15) is 0 Å². The average molecular weight is 341 g/mol. The Bertz CT molecular complexity index is 409. The van der Waals surface area contributed by atoms with E-state index in [1.807, 2.05) is 0 Å². The van der Waals surface area contributed by atoms with E-state index in [2.05, 4.69) is 57.3 Å². The second-order valence-corrected chi connectivity index (χ2v) is 6.36. The number of benzene rings is 1. The molecule has 0 aliphatic heterocycles. The van der Waals surface area contributed by atoms with Crippen molar-refractivity contribution < 1.29 is 5.11 Å². The smallest absolute Gasteiger partial charge is 0.0558 e. The van der Waals surface area contributed by atoms with Crippen LogP contribution in [-0.2, 0) is 0 Å². The van der Waals surface area contributed by atoms with Crippen molar-refractivity contribution in [2.75, 3.05) is 26.2 Å². The number of halogens is 1. The number of hydrogen-bond acceptors (Lipinski definition) is 3. The molecule has 0 radical (unpaired) electrons. The lowest BCUT2D eigenvalue weighted by Gasteiger charge is -2.25. The predicted octanol–water partition coefficient (Wildman–Crippen LogP) is 2.95. The lowest BCUT2D eigenvalue weighted by atomic mass is 10.0. The summed E-state index contributed by atoms with van der Waals surface area (Å²) in [5.74, 6) is 0. The summed E-state index contributed by atoms with van der Waals surface area (Å²) in [7, 11) is 0. The Labute approximate surface area is 130 Å². The number of aliphatic hydroxyl groups is 1. The van der Waals surface area contributed by atoms with Gasteiger partial charge in [0.15, 0.2) is 0 Å². The van der Waals surface area contributed by atoms with Crippen LogP contribution in [0.4, 0.5) is 0 Å². The van der Waals surface area contributed by atoms with Crippen LogP contribution in [0.25, 0.3) is 0 Å². The first-order valence-electron chi connectivity index (χ1n) is 7.58. The van der Waals surface area contributed by atoms with Crippen molar-refractivity contribution in [3.05, 3.63) is 34.3 Å². The first-order chi connectivity index (χ1) is 9.74. The van der Waals surface area contributed by atoms with Crippen molar-refractivity contribution in [3.63, 3.8) is 0 Å². The zero-order valence-corrected chi connectivity index (χ0v) is 13.8. The molecule has 4 heteroatoms. The molecule has 1 fully saturated rings. The van der Waals surface area contributed by atoms with Gasteiger partial charge in [0, 0.05) is 29.6 Å². The van der Waals surface area contributed by atoms with Crippen molar-refractivity contribution in [1.82, 2.24) is 10.2 Å². The highest BCUT2D eigenvalue weighted by Gasteiger charge is 2.28. The molecule has 1 aliphatic carbocycles. The second kappa shape index (κ2) is 8.13. The minimum Gasteiger partial charge on any atom is -0.395 e. The normalized spacial score (nSPS) is 16.6. The second-order valence-electron chi connectivity index (χ2n) is 5.44. The SMILES string of the molecule is CCNC(CCN(CCO)C1CC1)c1cccc(Br)c1. The third kappa shape index (κ3) is 4.85. The van der Waals surface area contributed by atoms with E-state index in [1.54, 1.807) is 0 Å². The maximum atomic E-state index is 9.17. The summed E-state index contributed by atoms with van der Waals surface area (Å²) < 4.78 is 1.13. The van der Waals surface area contributed by atoms with Crippen LogP contribution in [0.5, 0.6) is 0 Å². The van der Waals surface area contributed by atoms with Crippen molar-refractivity contribution in [2.45, 2.75) is 38.3 Å². The summed E-state index contributed by atoms with van der Waals surface area (Å²) in [5, 5.41) is 12.7. The van der Waals surface area contributed by atoms with Gasteiger partial charge in [0.2, 0.25) is 0 Å². The summed E-state index contributed by atoms with van der Waals surface area (Å²) in [6.45, 7) is 5.24. The molecule has 0 aromatic heterocycles. The van der Waals surface area contributed by atoms with Crippen LogP contribution >= 0.6 is 15.9 Å². The van der Waals surface area contributed by atoms with E-state index in [9.17, 15) is 5.11 Å². The molecule has 112 valence electrons. The molecule has 0 amide bonds. The number of nitrogens with one attached hydrogen (secondary N) is 1. The Kier molecular flexibility index (Phi) is 6.49. The van der Waals surface area contributed by atoms with E-state index in [1.165, 1.54) is 18.4 Å². The fourth-order valence-electron chi connectivity index (χ4n) is 2.70. The molecule has 1 aliphatic rings. The maximum absolute atomic E-state index is 9.17. The lowest BCUT2D eigenvalue weighted by molar-refractivity contribution is 0.182. The van der Waals surface area contributed by atoms with E-state index < -0.39 is 0 Å². The van der Waals surface area contributed by atoms with Crippen molar-refractivity contribution >= 4 is 15.9 Å². The van der Waals surface area contributed by atoms with Crippen LogP contribution in [0.15, 0.2) is 28.7 Å². The predicted molar refractivity (Wildman–Crippen MR) is 86.9 cm³/mol. The van der Waals surface area contributed by atoms with Gasteiger partial charge in [-0.25, -0.2) is 0 Å². The van der Waals surface area contributed by atoms with Gasteiger partial charge < -0.3 is 10.4 Å². The summed E-state index contributed by atoms with van der Waals surface area (Å²) in [6, 6.07) is 9.64. The van der Waals surface area contributed by atoms with E-state index in [4.69, 9.17) is 0 Å². The third-order valence-electron chi connectivity index (χ3n) is 3.86. The van der Waals surface area contributed by atoms with Gasteiger partial charge in [0.25, 0.3) is 0 Å². The first-order valence-corrected chi connectivity index (χ1v) is 8.37. The summed E-state index contributed by atoms with van der Waals surface area (Å²) >= 11 is 3.55. The Hall–Kier alpha value is -0.420. The highest BCUT2D eigenvalue weighted by molar-refractivity contribution is 9.10. The van der Waals surface area contributed by atoms with Crippen LogP contribution in [0.2, 0.25) is 0 Å².